The summed E-state index contributed by atoms with van der Waals surface area (Å²) in [7, 11) is 1.29. The fraction of sp³-hybridized carbons (Fsp3) is 0.556. The first-order valence-electron chi connectivity index (χ1n) is 7.87. The zero-order valence-corrected chi connectivity index (χ0v) is 13.9. The molecule has 1 aliphatic rings. The summed E-state index contributed by atoms with van der Waals surface area (Å²) >= 11 is 0. The van der Waals surface area contributed by atoms with Crippen LogP contribution in [0.4, 0.5) is 13.2 Å². The second-order valence-electron chi connectivity index (χ2n) is 6.78. The number of methoxy groups -OCH3 is 1. The van der Waals surface area contributed by atoms with Gasteiger partial charge in [-0.3, -0.25) is 9.59 Å². The number of hydrogen-bond acceptors (Lipinski definition) is 3. The number of halogens is 3. The van der Waals surface area contributed by atoms with Crippen LogP contribution in [0.1, 0.15) is 50.2 Å². The van der Waals surface area contributed by atoms with Crippen molar-refractivity contribution in [1.82, 2.24) is 0 Å². The third-order valence-electron chi connectivity index (χ3n) is 4.92. The van der Waals surface area contributed by atoms with Crippen molar-refractivity contribution in [2.45, 2.75) is 45.2 Å². The van der Waals surface area contributed by atoms with Crippen molar-refractivity contribution in [3.63, 3.8) is 0 Å². The summed E-state index contributed by atoms with van der Waals surface area (Å²) < 4.78 is 43.0. The Bertz CT molecular complexity index is 617. The summed E-state index contributed by atoms with van der Waals surface area (Å²) in [5.41, 5.74) is -1.12. The summed E-state index contributed by atoms with van der Waals surface area (Å²) in [6.45, 7) is 3.44. The lowest BCUT2D eigenvalue weighted by atomic mass is 9.63. The van der Waals surface area contributed by atoms with Crippen LogP contribution in [0.3, 0.4) is 0 Å². The van der Waals surface area contributed by atoms with Crippen molar-refractivity contribution in [2.75, 3.05) is 7.11 Å². The third-order valence-corrected chi connectivity index (χ3v) is 4.92. The molecule has 0 N–H and O–H groups in total. The Kier molecular flexibility index (Phi) is 5.06. The predicted octanol–water partition coefficient (Wildman–Crippen LogP) is 4.36. The number of alkyl halides is 3. The lowest BCUT2D eigenvalue weighted by Gasteiger charge is -2.40. The molecule has 0 unspecified atom stereocenters. The molecule has 3 nitrogen and oxygen atoms in total. The van der Waals surface area contributed by atoms with Crippen molar-refractivity contribution in [1.29, 1.82) is 0 Å². The van der Waals surface area contributed by atoms with Crippen molar-refractivity contribution in [3.05, 3.63) is 35.4 Å². The van der Waals surface area contributed by atoms with Crippen LogP contribution >= 0.6 is 0 Å². The smallest absolute Gasteiger partial charge is 0.416 e. The van der Waals surface area contributed by atoms with Gasteiger partial charge >= 0.3 is 12.1 Å². The molecule has 24 heavy (non-hydrogen) atoms. The number of benzene rings is 1. The molecular formula is C18H21F3O3. The predicted molar refractivity (Wildman–Crippen MR) is 82.3 cm³/mol. The Hall–Kier alpha value is -1.85. The molecule has 0 spiro atoms. The van der Waals surface area contributed by atoms with Gasteiger partial charge in [-0.1, -0.05) is 12.1 Å². The van der Waals surface area contributed by atoms with Gasteiger partial charge in [-0.15, -0.1) is 0 Å². The molecule has 0 radical (unpaired) electrons. The van der Waals surface area contributed by atoms with Gasteiger partial charge in [0, 0.05) is 12.3 Å². The number of ether oxygens (including phenoxy) is 1. The van der Waals surface area contributed by atoms with Crippen LogP contribution in [0.5, 0.6) is 0 Å². The largest absolute Gasteiger partial charge is 0.469 e. The molecule has 0 aromatic heterocycles. The van der Waals surface area contributed by atoms with E-state index in [-0.39, 0.29) is 11.7 Å². The number of carbonyl (C=O) groups is 2. The average molecular weight is 342 g/mol. The molecule has 1 aromatic rings. The van der Waals surface area contributed by atoms with Gasteiger partial charge in [0.05, 0.1) is 18.1 Å². The number of Topliss-reactive ketones (excluding diaryl/α,β-unsaturated/α-hetero) is 1. The van der Waals surface area contributed by atoms with Crippen LogP contribution < -0.4 is 0 Å². The zero-order valence-electron chi connectivity index (χ0n) is 13.9. The maximum Gasteiger partial charge on any atom is 0.416 e. The van der Waals surface area contributed by atoms with Crippen LogP contribution in [0.2, 0.25) is 0 Å². The van der Waals surface area contributed by atoms with E-state index in [0.717, 1.165) is 12.1 Å². The van der Waals surface area contributed by atoms with Crippen LogP contribution in [0, 0.1) is 11.3 Å². The van der Waals surface area contributed by atoms with E-state index >= 15 is 0 Å². The molecule has 0 heterocycles. The van der Waals surface area contributed by atoms with E-state index < -0.39 is 29.0 Å². The monoisotopic (exact) mass is 342 g/mol. The molecule has 1 aromatic carbocycles. The van der Waals surface area contributed by atoms with E-state index in [4.69, 9.17) is 4.74 Å². The second kappa shape index (κ2) is 6.57. The van der Waals surface area contributed by atoms with Gasteiger partial charge in [0.2, 0.25) is 0 Å². The molecule has 2 rings (SSSR count). The number of esters is 1. The summed E-state index contributed by atoms with van der Waals surface area (Å²) in [5.74, 6) is -1.35. The van der Waals surface area contributed by atoms with E-state index in [0.29, 0.717) is 24.8 Å². The highest BCUT2D eigenvalue weighted by Gasteiger charge is 2.46. The van der Waals surface area contributed by atoms with Gasteiger partial charge in [-0.2, -0.15) is 13.2 Å². The molecule has 1 aliphatic carbocycles. The molecule has 0 saturated heterocycles. The van der Waals surface area contributed by atoms with Crippen LogP contribution in [0.25, 0.3) is 0 Å². The fourth-order valence-corrected chi connectivity index (χ4v) is 3.53. The highest BCUT2D eigenvalue weighted by Crippen LogP contribution is 2.46. The molecule has 6 heteroatoms. The van der Waals surface area contributed by atoms with Gasteiger partial charge < -0.3 is 4.74 Å². The van der Waals surface area contributed by atoms with Crippen LogP contribution in [-0.2, 0) is 20.5 Å². The van der Waals surface area contributed by atoms with Gasteiger partial charge in [-0.05, 0) is 50.3 Å². The number of carbonyl (C=O) groups excluding carboxylic acids is 2. The van der Waals surface area contributed by atoms with Crippen LogP contribution in [-0.4, -0.2) is 18.9 Å². The van der Waals surface area contributed by atoms with Crippen molar-refractivity contribution >= 4 is 11.8 Å². The Balaban J connectivity index is 2.40. The van der Waals surface area contributed by atoms with Crippen LogP contribution in [0.15, 0.2) is 24.3 Å². The fourth-order valence-electron chi connectivity index (χ4n) is 3.53. The SMILES string of the molecule is COC(=O)C(C)(C)[C@H]1CCCC(=O)[C@@H]1c1ccc(C(F)(F)F)cc1. The van der Waals surface area contributed by atoms with Crippen molar-refractivity contribution < 1.29 is 27.5 Å². The maximum atomic E-state index is 12.7. The molecule has 132 valence electrons. The molecule has 1 fully saturated rings. The summed E-state index contributed by atoms with van der Waals surface area (Å²) in [5, 5.41) is 0. The van der Waals surface area contributed by atoms with Crippen molar-refractivity contribution in [3.8, 4) is 0 Å². The van der Waals surface area contributed by atoms with E-state index in [2.05, 4.69) is 0 Å². The first kappa shape index (κ1) is 18.5. The highest BCUT2D eigenvalue weighted by molar-refractivity contribution is 5.88. The molecule has 0 aliphatic heterocycles. The normalized spacial score (nSPS) is 22.3. The Morgan fingerprint density at radius 3 is 2.25 bits per heavy atom. The molecule has 2 atom stereocenters. The molecule has 0 amide bonds. The minimum atomic E-state index is -4.42. The minimum Gasteiger partial charge on any atom is -0.469 e. The second-order valence-corrected chi connectivity index (χ2v) is 6.78. The quantitative estimate of drug-likeness (QED) is 0.767. The molecule has 0 bridgehead atoms. The minimum absolute atomic E-state index is 0.0389. The average Bonchev–Trinajstić information content (AvgIpc) is 2.53. The van der Waals surface area contributed by atoms with Gasteiger partial charge in [0.1, 0.15) is 5.78 Å². The molecular weight excluding hydrogens is 321 g/mol. The topological polar surface area (TPSA) is 43.4 Å². The summed E-state index contributed by atoms with van der Waals surface area (Å²) in [4.78, 5) is 24.6. The Morgan fingerprint density at radius 2 is 1.75 bits per heavy atom. The number of hydrogen-bond donors (Lipinski definition) is 0. The van der Waals surface area contributed by atoms with E-state index in [1.54, 1.807) is 13.8 Å². The highest BCUT2D eigenvalue weighted by atomic mass is 19.4. The first-order chi connectivity index (χ1) is 11.1. The lowest BCUT2D eigenvalue weighted by Crippen LogP contribution is -2.42. The lowest BCUT2D eigenvalue weighted by molar-refractivity contribution is -0.156. The van der Waals surface area contributed by atoms with Gasteiger partial charge in [0.15, 0.2) is 0 Å². The summed E-state index contributed by atoms with van der Waals surface area (Å²) in [6, 6.07) is 4.66. The van der Waals surface area contributed by atoms with E-state index in [1.807, 2.05) is 0 Å². The summed E-state index contributed by atoms with van der Waals surface area (Å²) in [6.07, 6.45) is -2.72. The first-order valence-corrected chi connectivity index (χ1v) is 7.87. The Labute approximate surface area is 139 Å². The van der Waals surface area contributed by atoms with Gasteiger partial charge in [-0.25, -0.2) is 0 Å². The Morgan fingerprint density at radius 1 is 1.17 bits per heavy atom. The zero-order chi connectivity index (χ0) is 18.1. The molecule has 1 saturated carbocycles. The van der Waals surface area contributed by atoms with Crippen molar-refractivity contribution in [2.24, 2.45) is 11.3 Å². The van der Waals surface area contributed by atoms with E-state index in [1.165, 1.54) is 19.2 Å². The standard InChI is InChI=1S/C18H21F3O3/c1-17(2,16(23)24-3)13-5-4-6-14(22)15(13)11-7-9-12(10-8-11)18(19,20)21/h7-10,13,15H,4-6H2,1-3H3/t13-,15+/m0/s1. The van der Waals surface area contributed by atoms with Gasteiger partial charge in [0.25, 0.3) is 0 Å². The third kappa shape index (κ3) is 3.47. The maximum absolute atomic E-state index is 12.7. The number of rotatable bonds is 3. The number of ketones is 1. The van der Waals surface area contributed by atoms with E-state index in [9.17, 15) is 22.8 Å².